The highest BCUT2D eigenvalue weighted by molar-refractivity contribution is 5.87. The van der Waals surface area contributed by atoms with Crippen molar-refractivity contribution < 1.29 is 14.6 Å². The van der Waals surface area contributed by atoms with Crippen molar-refractivity contribution >= 4 is 12.0 Å². The summed E-state index contributed by atoms with van der Waals surface area (Å²) in [7, 11) is 0. The van der Waals surface area contributed by atoms with Gasteiger partial charge in [-0.1, -0.05) is 30.3 Å². The summed E-state index contributed by atoms with van der Waals surface area (Å²) in [5, 5.41) is 9.14. The van der Waals surface area contributed by atoms with Crippen molar-refractivity contribution in [2.45, 2.75) is 24.9 Å². The van der Waals surface area contributed by atoms with Crippen LogP contribution in [0, 0.1) is 0 Å². The lowest BCUT2D eigenvalue weighted by molar-refractivity contribution is 0.145. The molecule has 1 aromatic rings. The zero-order valence-corrected chi connectivity index (χ0v) is 10.5. The molecular formula is C14H16N2O3. The van der Waals surface area contributed by atoms with Crippen LogP contribution in [0.1, 0.15) is 24.4 Å². The maximum Gasteiger partial charge on any atom is 0.407 e. The molecule has 1 aromatic carbocycles. The predicted molar refractivity (Wildman–Crippen MR) is 70.3 cm³/mol. The Morgan fingerprint density at radius 3 is 2.89 bits per heavy atom. The summed E-state index contributed by atoms with van der Waals surface area (Å²) in [4.78, 5) is 17.1. The van der Waals surface area contributed by atoms with Gasteiger partial charge in [-0.15, -0.1) is 0 Å². The minimum Gasteiger partial charge on any atom is -0.477 e. The number of hydrogen-bond acceptors (Lipinski definition) is 3. The van der Waals surface area contributed by atoms with Crippen LogP contribution in [0.5, 0.6) is 0 Å². The van der Waals surface area contributed by atoms with Crippen LogP contribution in [-0.4, -0.2) is 41.2 Å². The Kier molecular flexibility index (Phi) is 3.11. The Morgan fingerprint density at radius 1 is 1.37 bits per heavy atom. The van der Waals surface area contributed by atoms with E-state index in [1.54, 1.807) is 0 Å². The number of amides is 1. The molecule has 0 unspecified atom stereocenters. The van der Waals surface area contributed by atoms with E-state index in [1.807, 2.05) is 30.3 Å². The van der Waals surface area contributed by atoms with Crippen LogP contribution in [-0.2, 0) is 4.74 Å². The number of carboxylic acid groups (broad SMARTS) is 1. The fourth-order valence-corrected chi connectivity index (χ4v) is 2.67. The van der Waals surface area contributed by atoms with Crippen molar-refractivity contribution in [3.05, 3.63) is 35.9 Å². The zero-order chi connectivity index (χ0) is 13.2. The molecule has 1 amide bonds. The molecule has 100 valence electrons. The van der Waals surface area contributed by atoms with E-state index in [0.29, 0.717) is 19.0 Å². The number of carbonyl (C=O) groups is 1. The first-order valence-corrected chi connectivity index (χ1v) is 6.50. The Balaban J connectivity index is 1.78. The van der Waals surface area contributed by atoms with E-state index in [1.165, 1.54) is 4.90 Å². The fraction of sp³-hybridized carbons (Fsp3) is 0.429. The highest BCUT2D eigenvalue weighted by Crippen LogP contribution is 2.28. The van der Waals surface area contributed by atoms with Crippen LogP contribution in [0.25, 0.3) is 0 Å². The van der Waals surface area contributed by atoms with Gasteiger partial charge < -0.3 is 9.84 Å². The van der Waals surface area contributed by atoms with Crippen LogP contribution in [0.15, 0.2) is 35.3 Å². The number of rotatable bonds is 2. The van der Waals surface area contributed by atoms with E-state index in [4.69, 9.17) is 9.84 Å². The molecule has 0 spiro atoms. The first kappa shape index (κ1) is 12.0. The van der Waals surface area contributed by atoms with E-state index in [2.05, 4.69) is 4.99 Å². The molecule has 1 fully saturated rings. The van der Waals surface area contributed by atoms with Crippen molar-refractivity contribution in [1.82, 2.24) is 4.90 Å². The van der Waals surface area contributed by atoms with Gasteiger partial charge in [0.15, 0.2) is 0 Å². The Bertz CT molecular complexity index is 501. The summed E-state index contributed by atoms with van der Waals surface area (Å²) >= 11 is 0. The Labute approximate surface area is 111 Å². The quantitative estimate of drug-likeness (QED) is 0.887. The van der Waals surface area contributed by atoms with Gasteiger partial charge in [-0.25, -0.2) is 9.79 Å². The molecule has 2 heterocycles. The summed E-state index contributed by atoms with van der Waals surface area (Å²) in [6, 6.07) is 9.74. The average molecular weight is 260 g/mol. The van der Waals surface area contributed by atoms with E-state index in [-0.39, 0.29) is 12.1 Å². The Hall–Kier alpha value is -2.04. The monoisotopic (exact) mass is 260 g/mol. The van der Waals surface area contributed by atoms with E-state index >= 15 is 0 Å². The van der Waals surface area contributed by atoms with Gasteiger partial charge in [0.05, 0.1) is 0 Å². The largest absolute Gasteiger partial charge is 0.477 e. The molecule has 0 saturated carbocycles. The third-order valence-corrected chi connectivity index (χ3v) is 3.64. The van der Waals surface area contributed by atoms with Gasteiger partial charge in [0, 0.05) is 6.54 Å². The predicted octanol–water partition coefficient (Wildman–Crippen LogP) is 2.30. The molecule has 5 nitrogen and oxygen atoms in total. The summed E-state index contributed by atoms with van der Waals surface area (Å²) in [6.45, 7) is 1.07. The smallest absolute Gasteiger partial charge is 0.407 e. The fourth-order valence-electron chi connectivity index (χ4n) is 2.67. The van der Waals surface area contributed by atoms with E-state index in [9.17, 15) is 4.79 Å². The van der Waals surface area contributed by atoms with Crippen molar-refractivity contribution in [2.75, 3.05) is 13.2 Å². The molecule has 19 heavy (non-hydrogen) atoms. The molecule has 0 aliphatic carbocycles. The van der Waals surface area contributed by atoms with Gasteiger partial charge in [-0.05, 0) is 18.4 Å². The SMILES string of the molecule is O=C(O)N1CCC[C@H]1C1=N[C@H](c2ccccc2)CO1. The van der Waals surface area contributed by atoms with E-state index in [0.717, 1.165) is 18.4 Å². The van der Waals surface area contributed by atoms with Gasteiger partial charge in [0.1, 0.15) is 18.7 Å². The lowest BCUT2D eigenvalue weighted by Crippen LogP contribution is -2.39. The third-order valence-electron chi connectivity index (χ3n) is 3.64. The zero-order valence-electron chi connectivity index (χ0n) is 10.5. The second-order valence-electron chi connectivity index (χ2n) is 4.84. The first-order valence-electron chi connectivity index (χ1n) is 6.50. The van der Waals surface area contributed by atoms with Crippen LogP contribution in [0.4, 0.5) is 4.79 Å². The van der Waals surface area contributed by atoms with Crippen LogP contribution in [0.3, 0.4) is 0 Å². The molecule has 2 atom stereocenters. The molecule has 2 aliphatic rings. The number of aliphatic imine (C=N–C) groups is 1. The molecule has 0 radical (unpaired) electrons. The number of likely N-dealkylation sites (tertiary alicyclic amines) is 1. The molecule has 3 rings (SSSR count). The maximum absolute atomic E-state index is 11.1. The number of nitrogens with zero attached hydrogens (tertiary/aromatic N) is 2. The van der Waals surface area contributed by atoms with Gasteiger partial charge >= 0.3 is 6.09 Å². The number of ether oxygens (including phenoxy) is 1. The van der Waals surface area contributed by atoms with Crippen LogP contribution < -0.4 is 0 Å². The summed E-state index contributed by atoms with van der Waals surface area (Å²) < 4.78 is 5.63. The second-order valence-corrected chi connectivity index (χ2v) is 4.84. The van der Waals surface area contributed by atoms with Crippen molar-refractivity contribution in [3.63, 3.8) is 0 Å². The minimum absolute atomic E-state index is 0.00700. The second kappa shape index (κ2) is 4.91. The van der Waals surface area contributed by atoms with Crippen molar-refractivity contribution in [1.29, 1.82) is 0 Å². The topological polar surface area (TPSA) is 62.1 Å². The van der Waals surface area contributed by atoms with Gasteiger partial charge in [0.2, 0.25) is 5.90 Å². The van der Waals surface area contributed by atoms with E-state index < -0.39 is 6.09 Å². The lowest BCUT2D eigenvalue weighted by atomic mass is 10.1. The summed E-state index contributed by atoms with van der Waals surface area (Å²) in [6.07, 6.45) is 0.777. The molecule has 1 saturated heterocycles. The van der Waals surface area contributed by atoms with Gasteiger partial charge in [-0.2, -0.15) is 0 Å². The average Bonchev–Trinajstić information content (AvgIpc) is 3.08. The molecule has 0 bridgehead atoms. The minimum atomic E-state index is -0.892. The van der Waals surface area contributed by atoms with Gasteiger partial charge in [-0.3, -0.25) is 4.90 Å². The molecular weight excluding hydrogens is 244 g/mol. The standard InChI is InChI=1S/C14H16N2O3/c17-14(18)16-8-4-7-12(16)13-15-11(9-19-13)10-5-2-1-3-6-10/h1-3,5-6,11-12H,4,7-9H2,(H,17,18)/t11-,12-/m0/s1. The van der Waals surface area contributed by atoms with Crippen LogP contribution in [0.2, 0.25) is 0 Å². The molecule has 1 N–H and O–H groups in total. The Morgan fingerprint density at radius 2 is 2.16 bits per heavy atom. The molecule has 0 aromatic heterocycles. The normalized spacial score (nSPS) is 26.1. The van der Waals surface area contributed by atoms with Gasteiger partial charge in [0.25, 0.3) is 0 Å². The summed E-state index contributed by atoms with van der Waals surface area (Å²) in [5.41, 5.74) is 1.11. The highest BCUT2D eigenvalue weighted by Gasteiger charge is 2.36. The molecule has 5 heteroatoms. The number of hydrogen-bond donors (Lipinski definition) is 1. The number of benzene rings is 1. The van der Waals surface area contributed by atoms with Crippen molar-refractivity contribution in [2.24, 2.45) is 4.99 Å². The highest BCUT2D eigenvalue weighted by atomic mass is 16.5. The van der Waals surface area contributed by atoms with Crippen LogP contribution >= 0.6 is 0 Å². The third kappa shape index (κ3) is 2.28. The first-order chi connectivity index (χ1) is 9.25. The maximum atomic E-state index is 11.1. The lowest BCUT2D eigenvalue weighted by Gasteiger charge is -2.20. The summed E-state index contributed by atoms with van der Waals surface area (Å²) in [5.74, 6) is 0.578. The van der Waals surface area contributed by atoms with Crippen molar-refractivity contribution in [3.8, 4) is 0 Å². The molecule has 2 aliphatic heterocycles.